The highest BCUT2D eigenvalue weighted by Crippen LogP contribution is 2.34. The van der Waals surface area contributed by atoms with E-state index in [-0.39, 0.29) is 0 Å². The first kappa shape index (κ1) is 14.9. The van der Waals surface area contributed by atoms with Crippen LogP contribution in [0.3, 0.4) is 0 Å². The zero-order chi connectivity index (χ0) is 14.5. The van der Waals surface area contributed by atoms with Crippen molar-refractivity contribution in [1.29, 1.82) is 0 Å². The number of rotatable bonds is 3. The summed E-state index contributed by atoms with van der Waals surface area (Å²) in [5, 5.41) is 11.6. The monoisotopic (exact) mass is 304 g/mol. The van der Waals surface area contributed by atoms with Crippen molar-refractivity contribution < 1.29 is 5.11 Å². The van der Waals surface area contributed by atoms with Gasteiger partial charge in [-0.05, 0) is 30.7 Å². The van der Waals surface area contributed by atoms with Gasteiger partial charge >= 0.3 is 0 Å². The van der Waals surface area contributed by atoms with Gasteiger partial charge in [-0.15, -0.1) is 5.73 Å². The van der Waals surface area contributed by atoms with Crippen LogP contribution in [0.5, 0.6) is 0 Å². The Labute approximate surface area is 128 Å². The van der Waals surface area contributed by atoms with Crippen LogP contribution in [0.15, 0.2) is 60.3 Å². The zero-order valence-corrected chi connectivity index (χ0v) is 12.5. The van der Waals surface area contributed by atoms with Crippen molar-refractivity contribution in [3.63, 3.8) is 0 Å². The van der Waals surface area contributed by atoms with E-state index >= 15 is 0 Å². The van der Waals surface area contributed by atoms with Gasteiger partial charge in [0.25, 0.3) is 0 Å². The minimum atomic E-state index is -0.849. The molecule has 102 valence electrons. The minimum Gasteiger partial charge on any atom is -0.383 e. The summed E-state index contributed by atoms with van der Waals surface area (Å²) >= 11 is 12.0. The van der Waals surface area contributed by atoms with Gasteiger partial charge in [0.1, 0.15) is 6.10 Å². The first-order chi connectivity index (χ1) is 9.63. The molecule has 1 unspecified atom stereocenters. The van der Waals surface area contributed by atoms with E-state index in [1.807, 2.05) is 37.3 Å². The summed E-state index contributed by atoms with van der Waals surface area (Å²) in [6, 6.07) is 14.7. The molecule has 0 bridgehead atoms. The molecule has 0 aliphatic heterocycles. The second-order valence-corrected chi connectivity index (χ2v) is 5.12. The number of aliphatic hydroxyl groups excluding tert-OH is 1. The predicted octanol–water partition coefficient (Wildman–Crippen LogP) is 5.29. The Balaban J connectivity index is 2.48. The molecule has 0 radical (unpaired) electrons. The van der Waals surface area contributed by atoms with Crippen LogP contribution in [0.25, 0.3) is 5.57 Å². The van der Waals surface area contributed by atoms with Crippen molar-refractivity contribution in [2.24, 2.45) is 0 Å². The van der Waals surface area contributed by atoms with Crippen LogP contribution in [-0.4, -0.2) is 5.11 Å². The van der Waals surface area contributed by atoms with Gasteiger partial charge in [-0.2, -0.15) is 0 Å². The maximum Gasteiger partial charge on any atom is 0.113 e. The predicted molar refractivity (Wildman–Crippen MR) is 85.0 cm³/mol. The first-order valence-corrected chi connectivity index (χ1v) is 6.98. The Morgan fingerprint density at radius 2 is 1.85 bits per heavy atom. The van der Waals surface area contributed by atoms with Gasteiger partial charge in [0.2, 0.25) is 0 Å². The molecular weight excluding hydrogens is 291 g/mol. The van der Waals surface area contributed by atoms with Crippen LogP contribution in [-0.2, 0) is 0 Å². The molecule has 2 aromatic rings. The molecule has 0 aromatic heterocycles. The van der Waals surface area contributed by atoms with Crippen LogP contribution in [0.1, 0.15) is 24.2 Å². The third-order valence-corrected chi connectivity index (χ3v) is 3.48. The molecule has 0 fully saturated rings. The van der Waals surface area contributed by atoms with Gasteiger partial charge < -0.3 is 5.11 Å². The quantitative estimate of drug-likeness (QED) is 0.764. The van der Waals surface area contributed by atoms with Crippen molar-refractivity contribution >= 4 is 28.8 Å². The Kier molecular flexibility index (Phi) is 5.05. The van der Waals surface area contributed by atoms with E-state index in [0.717, 1.165) is 5.56 Å². The van der Waals surface area contributed by atoms with Crippen LogP contribution in [0.4, 0.5) is 0 Å². The average Bonchev–Trinajstić information content (AvgIpc) is 2.45. The number of benzene rings is 2. The molecule has 0 saturated carbocycles. The second kappa shape index (κ2) is 6.78. The summed E-state index contributed by atoms with van der Waals surface area (Å²) in [6.45, 7) is 1.86. The average molecular weight is 305 g/mol. The van der Waals surface area contributed by atoms with Crippen molar-refractivity contribution in [3.05, 3.63) is 81.5 Å². The first-order valence-electron chi connectivity index (χ1n) is 6.23. The van der Waals surface area contributed by atoms with Crippen molar-refractivity contribution in [3.8, 4) is 0 Å². The summed E-state index contributed by atoms with van der Waals surface area (Å²) in [7, 11) is 0. The lowest BCUT2D eigenvalue weighted by atomic mass is 9.96. The second-order valence-electron chi connectivity index (χ2n) is 4.28. The summed E-state index contributed by atoms with van der Waals surface area (Å²) in [5.74, 6) is 0. The van der Waals surface area contributed by atoms with Gasteiger partial charge in [0.15, 0.2) is 0 Å². The standard InChI is InChI=1S/C17H14Cl2O/c1-2-6-14(12-7-4-3-5-8-12)17(20)15-10-9-13(18)11-16(15)19/h2-5,7-11,17,20H,1H3. The maximum absolute atomic E-state index is 10.6. The van der Waals surface area contributed by atoms with Gasteiger partial charge in [-0.3, -0.25) is 0 Å². The van der Waals surface area contributed by atoms with Crippen LogP contribution in [0.2, 0.25) is 10.0 Å². The third-order valence-electron chi connectivity index (χ3n) is 2.92. The molecule has 2 aromatic carbocycles. The van der Waals surface area contributed by atoms with Gasteiger partial charge in [0, 0.05) is 21.2 Å². The Bertz CT molecular complexity index is 656. The van der Waals surface area contributed by atoms with Crippen LogP contribution >= 0.6 is 23.2 Å². The van der Waals surface area contributed by atoms with Gasteiger partial charge in [0.05, 0.1) is 0 Å². The normalized spacial score (nSPS) is 11.6. The highest BCUT2D eigenvalue weighted by atomic mass is 35.5. The Hall–Kier alpha value is -1.50. The molecular formula is C17H14Cl2O. The van der Waals surface area contributed by atoms with E-state index in [9.17, 15) is 5.11 Å². The van der Waals surface area contributed by atoms with E-state index in [2.05, 4.69) is 5.73 Å². The van der Waals surface area contributed by atoms with E-state index in [0.29, 0.717) is 21.2 Å². The summed E-state index contributed by atoms with van der Waals surface area (Å²) in [4.78, 5) is 0. The molecule has 0 amide bonds. The smallest absolute Gasteiger partial charge is 0.113 e. The molecule has 0 aliphatic rings. The summed E-state index contributed by atoms with van der Waals surface area (Å²) in [6.07, 6.45) is 0.924. The number of aliphatic hydroxyl groups is 1. The van der Waals surface area contributed by atoms with E-state index in [1.54, 1.807) is 24.3 Å². The van der Waals surface area contributed by atoms with E-state index in [4.69, 9.17) is 23.2 Å². The molecule has 0 saturated heterocycles. The molecule has 2 rings (SSSR count). The molecule has 1 atom stereocenters. The van der Waals surface area contributed by atoms with Crippen LogP contribution < -0.4 is 0 Å². The lowest BCUT2D eigenvalue weighted by molar-refractivity contribution is 0.238. The molecule has 0 spiro atoms. The number of hydrogen-bond donors (Lipinski definition) is 1. The fourth-order valence-corrected chi connectivity index (χ4v) is 2.48. The van der Waals surface area contributed by atoms with E-state index < -0.39 is 6.10 Å². The largest absolute Gasteiger partial charge is 0.383 e. The summed E-state index contributed by atoms with van der Waals surface area (Å²) < 4.78 is 0. The number of hydrogen-bond acceptors (Lipinski definition) is 1. The topological polar surface area (TPSA) is 20.2 Å². The fourth-order valence-electron chi connectivity index (χ4n) is 1.97. The van der Waals surface area contributed by atoms with E-state index in [1.165, 1.54) is 0 Å². The molecule has 1 nitrogen and oxygen atoms in total. The van der Waals surface area contributed by atoms with Gasteiger partial charge in [-0.1, -0.05) is 59.6 Å². The summed E-state index contributed by atoms with van der Waals surface area (Å²) in [5.41, 5.74) is 5.29. The van der Waals surface area contributed by atoms with Gasteiger partial charge in [-0.25, -0.2) is 0 Å². The minimum absolute atomic E-state index is 0.441. The SMILES string of the molecule is CC=C=C(c1ccccc1)C(O)c1ccc(Cl)cc1Cl. The fraction of sp³-hybridized carbons (Fsp3) is 0.118. The molecule has 0 aliphatic carbocycles. The van der Waals surface area contributed by atoms with Crippen molar-refractivity contribution in [2.75, 3.05) is 0 Å². The van der Waals surface area contributed by atoms with Crippen molar-refractivity contribution in [1.82, 2.24) is 0 Å². The highest BCUT2D eigenvalue weighted by Gasteiger charge is 2.17. The lowest BCUT2D eigenvalue weighted by Gasteiger charge is -2.15. The van der Waals surface area contributed by atoms with Crippen LogP contribution in [0, 0.1) is 0 Å². The molecule has 0 heterocycles. The Morgan fingerprint density at radius 3 is 2.45 bits per heavy atom. The highest BCUT2D eigenvalue weighted by molar-refractivity contribution is 6.35. The third kappa shape index (κ3) is 3.33. The Morgan fingerprint density at radius 1 is 1.15 bits per heavy atom. The molecule has 1 N–H and O–H groups in total. The maximum atomic E-state index is 10.6. The zero-order valence-electron chi connectivity index (χ0n) is 11.0. The lowest BCUT2D eigenvalue weighted by Crippen LogP contribution is -2.01. The number of halogens is 2. The molecule has 3 heteroatoms. The molecule has 20 heavy (non-hydrogen) atoms. The van der Waals surface area contributed by atoms with Crippen molar-refractivity contribution in [2.45, 2.75) is 13.0 Å².